The van der Waals surface area contributed by atoms with Crippen molar-refractivity contribution >= 4 is 40.9 Å². The summed E-state index contributed by atoms with van der Waals surface area (Å²) in [6, 6.07) is 8.22. The van der Waals surface area contributed by atoms with E-state index in [1.165, 1.54) is 16.7 Å². The van der Waals surface area contributed by atoms with Crippen LogP contribution < -0.4 is 4.90 Å². The molecule has 0 radical (unpaired) electrons. The Morgan fingerprint density at radius 1 is 1.28 bits per heavy atom. The first-order chi connectivity index (χ1) is 14.0. The van der Waals surface area contributed by atoms with E-state index >= 15 is 0 Å². The van der Waals surface area contributed by atoms with Crippen molar-refractivity contribution in [3.63, 3.8) is 0 Å². The van der Waals surface area contributed by atoms with E-state index in [2.05, 4.69) is 34.1 Å². The zero-order valence-corrected chi connectivity index (χ0v) is 18.8. The number of carbonyl (C=O) groups is 1. The molecule has 1 atom stereocenters. The van der Waals surface area contributed by atoms with Crippen LogP contribution in [0.25, 0.3) is 5.78 Å². The van der Waals surface area contributed by atoms with Gasteiger partial charge in [0.1, 0.15) is 0 Å². The summed E-state index contributed by atoms with van der Waals surface area (Å²) in [5.41, 5.74) is 4.04. The van der Waals surface area contributed by atoms with Gasteiger partial charge in [0, 0.05) is 34.5 Å². The number of benzene rings is 1. The van der Waals surface area contributed by atoms with E-state index < -0.39 is 0 Å². The Labute approximate surface area is 179 Å². The zero-order valence-electron chi connectivity index (χ0n) is 17.2. The highest BCUT2D eigenvalue weighted by Crippen LogP contribution is 2.37. The lowest BCUT2D eigenvalue weighted by atomic mass is 10.1. The molecule has 152 valence electrons. The summed E-state index contributed by atoms with van der Waals surface area (Å²) in [5, 5.41) is 5.72. The van der Waals surface area contributed by atoms with Crippen molar-refractivity contribution in [1.29, 1.82) is 0 Å². The van der Waals surface area contributed by atoms with Crippen molar-refractivity contribution < 1.29 is 4.79 Å². The van der Waals surface area contributed by atoms with Gasteiger partial charge in [-0.3, -0.25) is 4.79 Å². The first-order valence-electron chi connectivity index (χ1n) is 9.81. The molecule has 8 heteroatoms. The van der Waals surface area contributed by atoms with Crippen LogP contribution in [0, 0.1) is 13.8 Å². The Morgan fingerprint density at radius 2 is 2.07 bits per heavy atom. The van der Waals surface area contributed by atoms with Gasteiger partial charge in [-0.15, -0.1) is 16.9 Å². The molecule has 6 nitrogen and oxygen atoms in total. The number of amides is 1. The molecular weight excluding hydrogens is 402 g/mol. The standard InChI is InChI=1S/C21H25N5OS2/c1-13-11-12-25(17-7-5-6-8-18(17)29-13)19(27)10-9-16-14(2)22-20-23-21(28-4)24-26(20)15(16)3/h5-8,13H,9-12H2,1-4H3. The highest BCUT2D eigenvalue weighted by Gasteiger charge is 2.24. The van der Waals surface area contributed by atoms with Gasteiger partial charge in [0.15, 0.2) is 0 Å². The van der Waals surface area contributed by atoms with Crippen molar-refractivity contribution in [2.45, 2.75) is 55.3 Å². The smallest absolute Gasteiger partial charge is 0.253 e. The highest BCUT2D eigenvalue weighted by molar-refractivity contribution is 8.00. The number of hydrogen-bond acceptors (Lipinski definition) is 6. The molecule has 0 saturated heterocycles. The van der Waals surface area contributed by atoms with Gasteiger partial charge in [-0.1, -0.05) is 30.8 Å². The maximum atomic E-state index is 13.2. The third-order valence-corrected chi connectivity index (χ3v) is 7.12. The number of para-hydroxylation sites is 1. The Bertz CT molecular complexity index is 1060. The Kier molecular flexibility index (Phi) is 5.83. The monoisotopic (exact) mass is 427 g/mol. The van der Waals surface area contributed by atoms with Gasteiger partial charge in [-0.05, 0) is 50.6 Å². The Balaban J connectivity index is 1.57. The molecule has 0 aliphatic carbocycles. The summed E-state index contributed by atoms with van der Waals surface area (Å²) >= 11 is 3.36. The number of carbonyl (C=O) groups excluding carboxylic acids is 1. The van der Waals surface area contributed by atoms with Gasteiger partial charge in [0.2, 0.25) is 11.1 Å². The van der Waals surface area contributed by atoms with Gasteiger partial charge in [0.25, 0.3) is 5.78 Å². The molecule has 0 bridgehead atoms. The fourth-order valence-corrected chi connectivity index (χ4v) is 5.20. The van der Waals surface area contributed by atoms with E-state index in [0.29, 0.717) is 29.0 Å². The minimum absolute atomic E-state index is 0.162. The van der Waals surface area contributed by atoms with E-state index in [-0.39, 0.29) is 5.91 Å². The van der Waals surface area contributed by atoms with Gasteiger partial charge < -0.3 is 4.90 Å². The van der Waals surface area contributed by atoms with Gasteiger partial charge >= 0.3 is 0 Å². The van der Waals surface area contributed by atoms with E-state index in [1.54, 1.807) is 4.52 Å². The minimum atomic E-state index is 0.162. The van der Waals surface area contributed by atoms with Crippen LogP contribution in [0.3, 0.4) is 0 Å². The topological polar surface area (TPSA) is 63.4 Å². The number of aryl methyl sites for hydroxylation is 2. The highest BCUT2D eigenvalue weighted by atomic mass is 32.2. The molecule has 0 fully saturated rings. The lowest BCUT2D eigenvalue weighted by Gasteiger charge is -2.23. The van der Waals surface area contributed by atoms with Crippen LogP contribution >= 0.6 is 23.5 Å². The normalized spacial score (nSPS) is 16.7. The lowest BCUT2D eigenvalue weighted by molar-refractivity contribution is -0.118. The molecule has 1 aliphatic heterocycles. The molecule has 29 heavy (non-hydrogen) atoms. The molecule has 0 N–H and O–H groups in total. The molecule has 2 aromatic heterocycles. The molecule has 3 aromatic rings. The SMILES string of the molecule is CSc1nc2nc(C)c(CCC(=O)N3CCC(C)Sc4ccccc43)c(C)n2n1. The fraction of sp³-hybridized carbons (Fsp3) is 0.429. The summed E-state index contributed by atoms with van der Waals surface area (Å²) in [5.74, 6) is 0.779. The summed E-state index contributed by atoms with van der Waals surface area (Å²) < 4.78 is 1.79. The number of hydrogen-bond donors (Lipinski definition) is 0. The lowest BCUT2D eigenvalue weighted by Crippen LogP contribution is -2.32. The maximum absolute atomic E-state index is 13.2. The Hall–Kier alpha value is -2.06. The summed E-state index contributed by atoms with van der Waals surface area (Å²) in [6.07, 6.45) is 4.05. The zero-order chi connectivity index (χ0) is 20.5. The van der Waals surface area contributed by atoms with E-state index in [0.717, 1.165) is 35.6 Å². The van der Waals surface area contributed by atoms with Crippen molar-refractivity contribution in [2.24, 2.45) is 0 Å². The summed E-state index contributed by atoms with van der Waals surface area (Å²) in [7, 11) is 0. The first kappa shape index (κ1) is 20.2. The van der Waals surface area contributed by atoms with Crippen LogP contribution in [0.1, 0.15) is 36.7 Å². The molecule has 3 heterocycles. The van der Waals surface area contributed by atoms with Crippen LogP contribution in [0.15, 0.2) is 34.3 Å². The van der Waals surface area contributed by atoms with Crippen LogP contribution in [0.2, 0.25) is 0 Å². The molecule has 1 unspecified atom stereocenters. The molecule has 0 saturated carbocycles. The van der Waals surface area contributed by atoms with E-state index in [9.17, 15) is 4.79 Å². The maximum Gasteiger partial charge on any atom is 0.253 e. The van der Waals surface area contributed by atoms with Crippen LogP contribution in [0.5, 0.6) is 0 Å². The number of anilines is 1. The summed E-state index contributed by atoms with van der Waals surface area (Å²) in [6.45, 7) is 7.00. The molecule has 1 amide bonds. The van der Waals surface area contributed by atoms with E-state index in [4.69, 9.17) is 0 Å². The molecule has 4 rings (SSSR count). The molecule has 0 spiro atoms. The largest absolute Gasteiger partial charge is 0.311 e. The van der Waals surface area contributed by atoms with Crippen molar-refractivity contribution in [1.82, 2.24) is 19.6 Å². The van der Waals surface area contributed by atoms with Gasteiger partial charge in [0.05, 0.1) is 5.69 Å². The van der Waals surface area contributed by atoms with Crippen molar-refractivity contribution in [3.8, 4) is 0 Å². The van der Waals surface area contributed by atoms with Crippen molar-refractivity contribution in [3.05, 3.63) is 41.2 Å². The number of fused-ring (bicyclic) bond motifs is 2. The van der Waals surface area contributed by atoms with E-state index in [1.807, 2.05) is 48.9 Å². The van der Waals surface area contributed by atoms with Gasteiger partial charge in [-0.25, -0.2) is 9.50 Å². The van der Waals surface area contributed by atoms with Gasteiger partial charge in [-0.2, -0.15) is 4.98 Å². The first-order valence-corrected chi connectivity index (χ1v) is 11.9. The quantitative estimate of drug-likeness (QED) is 0.578. The third-order valence-electron chi connectivity index (χ3n) is 5.35. The number of rotatable bonds is 4. The average molecular weight is 428 g/mol. The second-order valence-electron chi connectivity index (χ2n) is 7.30. The average Bonchev–Trinajstić information content (AvgIpc) is 3.04. The predicted molar refractivity (Wildman–Crippen MR) is 119 cm³/mol. The second kappa shape index (κ2) is 8.36. The number of thioether (sulfide) groups is 2. The number of nitrogens with zero attached hydrogens (tertiary/aromatic N) is 5. The summed E-state index contributed by atoms with van der Waals surface area (Å²) in [4.78, 5) is 25.4. The van der Waals surface area contributed by atoms with Crippen LogP contribution in [0.4, 0.5) is 5.69 Å². The van der Waals surface area contributed by atoms with Crippen LogP contribution in [-0.4, -0.2) is 43.5 Å². The third kappa shape index (κ3) is 4.00. The predicted octanol–water partition coefficient (Wildman–Crippen LogP) is 4.31. The molecular formula is C21H25N5OS2. The fourth-order valence-electron chi connectivity index (χ4n) is 3.75. The van der Waals surface area contributed by atoms with Crippen LogP contribution in [-0.2, 0) is 11.2 Å². The number of aromatic nitrogens is 4. The molecule has 1 aliphatic rings. The van der Waals surface area contributed by atoms with Crippen molar-refractivity contribution in [2.75, 3.05) is 17.7 Å². The Morgan fingerprint density at radius 3 is 2.86 bits per heavy atom. The molecule has 1 aromatic carbocycles. The minimum Gasteiger partial charge on any atom is -0.311 e. The second-order valence-corrected chi connectivity index (χ2v) is 9.56.